The van der Waals surface area contributed by atoms with Gasteiger partial charge in [-0.25, -0.2) is 0 Å². The van der Waals surface area contributed by atoms with Crippen LogP contribution in [-0.2, 0) is 0 Å². The molecule has 0 radical (unpaired) electrons. The van der Waals surface area contributed by atoms with Gasteiger partial charge in [0, 0.05) is 5.02 Å². The molecule has 0 N–H and O–H groups in total. The van der Waals surface area contributed by atoms with Crippen molar-refractivity contribution in [3.8, 4) is 0 Å². The van der Waals surface area contributed by atoms with E-state index in [1.807, 2.05) is 12.1 Å². The Morgan fingerprint density at radius 1 is 0.680 bits per heavy atom. The topological polar surface area (TPSA) is 15.4 Å². The van der Waals surface area contributed by atoms with Gasteiger partial charge in [0.25, 0.3) is 0 Å². The SMILES string of the molecule is Clc1ccc(C2=NC(c3ccccc3)N3C2C3c2ccccc2)cc1. The van der Waals surface area contributed by atoms with E-state index in [0.29, 0.717) is 12.1 Å². The average Bonchev–Trinajstić information content (AvgIpc) is 3.28. The van der Waals surface area contributed by atoms with Gasteiger partial charge in [-0.15, -0.1) is 0 Å². The number of nitrogens with zero attached hydrogens (tertiary/aromatic N) is 2. The van der Waals surface area contributed by atoms with E-state index in [0.717, 1.165) is 10.6 Å². The van der Waals surface area contributed by atoms with E-state index in [2.05, 4.69) is 77.7 Å². The van der Waals surface area contributed by atoms with Crippen LogP contribution in [0.15, 0.2) is 89.9 Å². The van der Waals surface area contributed by atoms with Crippen molar-refractivity contribution in [3.63, 3.8) is 0 Å². The highest BCUT2D eigenvalue weighted by atomic mass is 35.5. The second-order valence-electron chi connectivity index (χ2n) is 6.55. The Labute approximate surface area is 152 Å². The van der Waals surface area contributed by atoms with Crippen LogP contribution in [0.2, 0.25) is 5.02 Å². The zero-order valence-corrected chi connectivity index (χ0v) is 14.3. The van der Waals surface area contributed by atoms with Gasteiger partial charge >= 0.3 is 0 Å². The third-order valence-corrected chi connectivity index (χ3v) is 5.31. The van der Waals surface area contributed by atoms with Crippen LogP contribution in [0, 0.1) is 0 Å². The van der Waals surface area contributed by atoms with Crippen molar-refractivity contribution in [3.05, 3.63) is 107 Å². The van der Waals surface area contributed by atoms with E-state index in [-0.39, 0.29) is 6.17 Å². The quantitative estimate of drug-likeness (QED) is 0.591. The minimum absolute atomic E-state index is 0.0853. The predicted octanol–water partition coefficient (Wildman–Crippen LogP) is 5.27. The van der Waals surface area contributed by atoms with E-state index in [1.54, 1.807) is 0 Å². The largest absolute Gasteiger partial charge is 0.263 e. The van der Waals surface area contributed by atoms with Gasteiger partial charge in [0.15, 0.2) is 0 Å². The Morgan fingerprint density at radius 2 is 1.28 bits per heavy atom. The summed E-state index contributed by atoms with van der Waals surface area (Å²) in [5, 5.41) is 0.759. The molecule has 1 saturated heterocycles. The summed E-state index contributed by atoms with van der Waals surface area (Å²) in [7, 11) is 0. The lowest BCUT2D eigenvalue weighted by atomic mass is 10.0. The second kappa shape index (κ2) is 5.83. The lowest BCUT2D eigenvalue weighted by Gasteiger charge is -2.14. The summed E-state index contributed by atoms with van der Waals surface area (Å²) in [5.74, 6) is 0. The van der Waals surface area contributed by atoms with Crippen LogP contribution in [0.25, 0.3) is 0 Å². The van der Waals surface area contributed by atoms with Gasteiger partial charge in [-0.3, -0.25) is 9.89 Å². The maximum Gasteiger partial charge on any atom is 0.129 e. The van der Waals surface area contributed by atoms with Gasteiger partial charge in [-0.2, -0.15) is 0 Å². The van der Waals surface area contributed by atoms with Gasteiger partial charge in [0.1, 0.15) is 6.17 Å². The second-order valence-corrected chi connectivity index (χ2v) is 6.99. The summed E-state index contributed by atoms with van der Waals surface area (Å²) in [4.78, 5) is 7.56. The Bertz CT molecular complexity index is 919. The van der Waals surface area contributed by atoms with E-state index < -0.39 is 0 Å². The van der Waals surface area contributed by atoms with Crippen molar-refractivity contribution in [1.29, 1.82) is 0 Å². The molecule has 0 bridgehead atoms. The van der Waals surface area contributed by atoms with Crippen molar-refractivity contribution >= 4 is 17.3 Å². The molecule has 0 aliphatic carbocycles. The van der Waals surface area contributed by atoms with Gasteiger partial charge in [0.2, 0.25) is 0 Å². The van der Waals surface area contributed by atoms with Gasteiger partial charge in [-0.05, 0) is 28.8 Å². The third kappa shape index (κ3) is 2.50. The summed E-state index contributed by atoms with van der Waals surface area (Å²) in [6.07, 6.45) is 0.0853. The minimum atomic E-state index is 0.0853. The normalized spacial score (nSPS) is 26.8. The van der Waals surface area contributed by atoms with Crippen molar-refractivity contribution in [2.45, 2.75) is 18.2 Å². The first-order chi connectivity index (χ1) is 12.3. The molecule has 0 spiro atoms. The number of aliphatic imine (C=N–C) groups is 1. The van der Waals surface area contributed by atoms with Gasteiger partial charge in [-0.1, -0.05) is 84.4 Å². The molecular formula is C22H17ClN2. The first kappa shape index (κ1) is 14.9. The molecular weight excluding hydrogens is 328 g/mol. The van der Waals surface area contributed by atoms with Crippen LogP contribution in [0.1, 0.15) is 28.9 Å². The highest BCUT2D eigenvalue weighted by Gasteiger charge is 2.59. The number of fused-ring (bicyclic) bond motifs is 1. The standard InChI is InChI=1S/C22H17ClN2/c23-18-13-11-15(12-14-18)19-21-20(16-7-3-1-4-8-16)25(21)22(24-19)17-9-5-2-6-10-17/h1-14,20-22H. The number of hydrogen-bond acceptors (Lipinski definition) is 2. The first-order valence-electron chi connectivity index (χ1n) is 8.54. The summed E-state index contributed by atoms with van der Waals surface area (Å²) >= 11 is 6.06. The molecule has 2 nitrogen and oxygen atoms in total. The van der Waals surface area contributed by atoms with Crippen LogP contribution < -0.4 is 0 Å². The summed E-state index contributed by atoms with van der Waals surface area (Å²) in [6, 6.07) is 30.0. The molecule has 5 rings (SSSR count). The Balaban J connectivity index is 1.57. The fourth-order valence-corrected chi connectivity index (χ4v) is 3.99. The molecule has 0 aromatic heterocycles. The Morgan fingerprint density at radius 3 is 1.92 bits per heavy atom. The number of halogens is 1. The zero-order chi connectivity index (χ0) is 16.8. The summed E-state index contributed by atoms with van der Waals surface area (Å²) < 4.78 is 0. The summed E-state index contributed by atoms with van der Waals surface area (Å²) in [6.45, 7) is 0. The maximum atomic E-state index is 6.06. The smallest absolute Gasteiger partial charge is 0.129 e. The molecule has 2 heterocycles. The van der Waals surface area contributed by atoms with Crippen LogP contribution >= 0.6 is 11.6 Å². The molecule has 1 fully saturated rings. The van der Waals surface area contributed by atoms with Crippen molar-refractivity contribution < 1.29 is 0 Å². The Kier molecular flexibility index (Phi) is 3.47. The molecule has 4 unspecified atom stereocenters. The van der Waals surface area contributed by atoms with Gasteiger partial charge in [0.05, 0.1) is 17.8 Å². The molecule has 122 valence electrons. The third-order valence-electron chi connectivity index (χ3n) is 5.05. The summed E-state index contributed by atoms with van der Waals surface area (Å²) in [5.41, 5.74) is 4.93. The molecule has 3 heteroatoms. The minimum Gasteiger partial charge on any atom is -0.263 e. The number of benzene rings is 3. The molecule has 3 aromatic rings. The number of rotatable bonds is 3. The Hall–Kier alpha value is -2.42. The lowest BCUT2D eigenvalue weighted by Crippen LogP contribution is -2.08. The fraction of sp³-hybridized carbons (Fsp3) is 0.136. The van der Waals surface area contributed by atoms with E-state index in [9.17, 15) is 0 Å². The van der Waals surface area contributed by atoms with Crippen LogP contribution in [0.3, 0.4) is 0 Å². The van der Waals surface area contributed by atoms with Crippen LogP contribution in [0.4, 0.5) is 0 Å². The van der Waals surface area contributed by atoms with E-state index in [1.165, 1.54) is 16.8 Å². The molecule has 3 aromatic carbocycles. The predicted molar refractivity (Wildman–Crippen MR) is 102 cm³/mol. The maximum absolute atomic E-state index is 6.06. The highest BCUT2D eigenvalue weighted by molar-refractivity contribution is 6.30. The lowest BCUT2D eigenvalue weighted by molar-refractivity contribution is 0.404. The van der Waals surface area contributed by atoms with Crippen molar-refractivity contribution in [2.75, 3.05) is 0 Å². The van der Waals surface area contributed by atoms with E-state index >= 15 is 0 Å². The molecule has 2 aliphatic heterocycles. The van der Waals surface area contributed by atoms with Crippen molar-refractivity contribution in [1.82, 2.24) is 4.90 Å². The molecule has 0 saturated carbocycles. The molecule has 4 atom stereocenters. The molecule has 2 aliphatic rings. The first-order valence-corrected chi connectivity index (χ1v) is 8.92. The van der Waals surface area contributed by atoms with Crippen molar-refractivity contribution in [2.24, 2.45) is 4.99 Å². The fourth-order valence-electron chi connectivity index (χ4n) is 3.86. The molecule has 0 amide bonds. The molecule has 25 heavy (non-hydrogen) atoms. The zero-order valence-electron chi connectivity index (χ0n) is 13.6. The van der Waals surface area contributed by atoms with Gasteiger partial charge < -0.3 is 0 Å². The highest BCUT2D eigenvalue weighted by Crippen LogP contribution is 2.55. The van der Waals surface area contributed by atoms with Crippen LogP contribution in [0.5, 0.6) is 0 Å². The van der Waals surface area contributed by atoms with E-state index in [4.69, 9.17) is 16.6 Å². The van der Waals surface area contributed by atoms with Crippen LogP contribution in [-0.4, -0.2) is 16.7 Å². The number of hydrogen-bond donors (Lipinski definition) is 0. The average molecular weight is 345 g/mol. The monoisotopic (exact) mass is 344 g/mol.